The van der Waals surface area contributed by atoms with Crippen LogP contribution < -0.4 is 0 Å². The molecule has 8 atom stereocenters. The number of allylic oxidation sites excluding steroid dienone is 2. The van der Waals surface area contributed by atoms with Crippen LogP contribution in [0.2, 0.25) is 0 Å². The first-order valence-electron chi connectivity index (χ1n) is 16.1. The lowest BCUT2D eigenvalue weighted by Crippen LogP contribution is -2.51. The summed E-state index contributed by atoms with van der Waals surface area (Å²) in [4.78, 5) is 16.8. The van der Waals surface area contributed by atoms with E-state index < -0.39 is 0 Å². The molecule has 0 saturated heterocycles. The first-order valence-corrected chi connectivity index (χ1v) is 16.1. The van der Waals surface area contributed by atoms with Gasteiger partial charge in [-0.05, 0) is 112 Å². The molecule has 0 aliphatic heterocycles. The molecule has 0 amide bonds. The van der Waals surface area contributed by atoms with Crippen LogP contribution in [0.25, 0.3) is 0 Å². The number of carbonyl (C=O) groups is 1. The predicted molar refractivity (Wildman–Crippen MR) is 160 cm³/mol. The lowest BCUT2D eigenvalue weighted by atomic mass is 9.47. The van der Waals surface area contributed by atoms with Crippen LogP contribution in [0.15, 0.2) is 28.4 Å². The summed E-state index contributed by atoms with van der Waals surface area (Å²) in [6.45, 7) is 16.5. The molecule has 4 rings (SSSR count). The van der Waals surface area contributed by atoms with E-state index in [-0.39, 0.29) is 12.1 Å². The van der Waals surface area contributed by atoms with E-state index in [1.54, 1.807) is 11.8 Å². The number of carbonyl (C=O) groups excluding carboxylic acids is 1. The first kappa shape index (κ1) is 29.6. The molecular formula is C35H57NO2. The number of aliphatic imine (C=N–C) groups is 1. The van der Waals surface area contributed by atoms with E-state index in [2.05, 4.69) is 45.7 Å². The van der Waals surface area contributed by atoms with E-state index in [0.717, 1.165) is 60.3 Å². The molecule has 0 aromatic heterocycles. The van der Waals surface area contributed by atoms with Crippen molar-refractivity contribution in [1.82, 2.24) is 0 Å². The third-order valence-electron chi connectivity index (χ3n) is 11.7. The summed E-state index contributed by atoms with van der Waals surface area (Å²) in [5.41, 5.74) is 3.59. The lowest BCUT2D eigenvalue weighted by molar-refractivity contribution is -0.151. The zero-order valence-corrected chi connectivity index (χ0v) is 25.7. The molecule has 214 valence electrons. The van der Waals surface area contributed by atoms with Crippen molar-refractivity contribution < 1.29 is 9.53 Å². The second-order valence-corrected chi connectivity index (χ2v) is 14.5. The van der Waals surface area contributed by atoms with Gasteiger partial charge in [0.25, 0.3) is 0 Å². The van der Waals surface area contributed by atoms with Crippen molar-refractivity contribution in [1.29, 1.82) is 0 Å². The zero-order valence-electron chi connectivity index (χ0n) is 25.7. The van der Waals surface area contributed by atoms with Crippen LogP contribution >= 0.6 is 0 Å². The Labute approximate surface area is 234 Å². The van der Waals surface area contributed by atoms with Gasteiger partial charge in [0.1, 0.15) is 6.10 Å². The molecule has 4 aliphatic carbocycles. The van der Waals surface area contributed by atoms with E-state index in [0.29, 0.717) is 17.3 Å². The molecule has 0 radical (unpaired) electrons. The highest BCUT2D eigenvalue weighted by atomic mass is 16.5. The average Bonchev–Trinajstić information content (AvgIpc) is 3.23. The summed E-state index contributed by atoms with van der Waals surface area (Å²) >= 11 is 0. The van der Waals surface area contributed by atoms with Crippen molar-refractivity contribution in [2.45, 2.75) is 138 Å². The molecule has 0 N–H and O–H groups in total. The Bertz CT molecular complexity index is 915. The molecule has 0 heterocycles. The van der Waals surface area contributed by atoms with Gasteiger partial charge in [-0.2, -0.15) is 0 Å². The summed E-state index contributed by atoms with van der Waals surface area (Å²) < 4.78 is 6.00. The minimum absolute atomic E-state index is 0.0472. The van der Waals surface area contributed by atoms with Crippen molar-refractivity contribution in [3.05, 3.63) is 23.4 Å². The zero-order chi connectivity index (χ0) is 27.5. The van der Waals surface area contributed by atoms with Gasteiger partial charge in [-0.3, -0.25) is 9.79 Å². The van der Waals surface area contributed by atoms with Gasteiger partial charge in [0, 0.05) is 25.3 Å². The van der Waals surface area contributed by atoms with Gasteiger partial charge >= 0.3 is 5.97 Å². The van der Waals surface area contributed by atoms with Gasteiger partial charge in [0.15, 0.2) is 0 Å². The van der Waals surface area contributed by atoms with Crippen molar-refractivity contribution in [2.75, 3.05) is 0 Å². The minimum atomic E-state index is -0.0472. The summed E-state index contributed by atoms with van der Waals surface area (Å²) in [6, 6.07) is 0. The standard InChI is InChI=1S/C35H57NO2/c1-8-36-23-25(4)12-17-33(37)38-28-18-20-34(6)27(22-28)13-14-29-31-16-15-30(26(5)11-9-10-24(2)3)35(31,7)21-19-32(29)34/h8,13,23-24,26,28-32H,9-12,14-22H2,1-7H3/b25-23+,36-8?. The van der Waals surface area contributed by atoms with E-state index >= 15 is 0 Å². The number of esters is 1. The highest BCUT2D eigenvalue weighted by Gasteiger charge is 2.59. The highest BCUT2D eigenvalue weighted by Crippen LogP contribution is 2.67. The third-order valence-corrected chi connectivity index (χ3v) is 11.7. The van der Waals surface area contributed by atoms with E-state index in [1.807, 2.05) is 20.0 Å². The number of fused-ring (bicyclic) bond motifs is 5. The monoisotopic (exact) mass is 523 g/mol. The molecule has 0 spiro atoms. The summed E-state index contributed by atoms with van der Waals surface area (Å²) in [5.74, 6) is 5.15. The van der Waals surface area contributed by atoms with Crippen LogP contribution in [-0.4, -0.2) is 18.3 Å². The van der Waals surface area contributed by atoms with Crippen molar-refractivity contribution in [2.24, 2.45) is 51.3 Å². The van der Waals surface area contributed by atoms with Crippen LogP contribution in [-0.2, 0) is 9.53 Å². The normalized spacial score (nSPS) is 37.9. The maximum Gasteiger partial charge on any atom is 0.306 e. The van der Waals surface area contributed by atoms with Crippen LogP contribution in [0.3, 0.4) is 0 Å². The minimum Gasteiger partial charge on any atom is -0.462 e. The SMILES string of the molecule is CC=N/C=C(\C)CCC(=O)OC1CCC2(C)C(=CCC3C2CCC2(C)C(C(C)CCCC(C)C)CCC32)C1. The van der Waals surface area contributed by atoms with Gasteiger partial charge in [-0.25, -0.2) is 0 Å². The molecule has 0 aromatic rings. The van der Waals surface area contributed by atoms with E-state index in [9.17, 15) is 4.79 Å². The van der Waals surface area contributed by atoms with Crippen molar-refractivity contribution >= 4 is 12.2 Å². The van der Waals surface area contributed by atoms with Crippen LogP contribution in [0.1, 0.15) is 132 Å². The molecule has 3 nitrogen and oxygen atoms in total. The summed E-state index contributed by atoms with van der Waals surface area (Å²) in [6.07, 6.45) is 21.8. The number of rotatable bonds is 10. The molecule has 38 heavy (non-hydrogen) atoms. The van der Waals surface area contributed by atoms with Gasteiger partial charge < -0.3 is 4.74 Å². The second kappa shape index (κ2) is 12.4. The predicted octanol–water partition coefficient (Wildman–Crippen LogP) is 9.71. The second-order valence-electron chi connectivity index (χ2n) is 14.5. The van der Waals surface area contributed by atoms with Crippen LogP contribution in [0.5, 0.6) is 0 Å². The number of hydrogen-bond donors (Lipinski definition) is 0. The third kappa shape index (κ3) is 6.17. The number of nitrogens with zero attached hydrogens (tertiary/aromatic N) is 1. The largest absolute Gasteiger partial charge is 0.462 e. The highest BCUT2D eigenvalue weighted by molar-refractivity contribution is 5.70. The van der Waals surface area contributed by atoms with E-state index in [1.165, 1.54) is 57.8 Å². The van der Waals surface area contributed by atoms with Gasteiger partial charge in [0.2, 0.25) is 0 Å². The fourth-order valence-corrected chi connectivity index (χ4v) is 9.56. The smallest absolute Gasteiger partial charge is 0.306 e. The Morgan fingerprint density at radius 3 is 2.61 bits per heavy atom. The Hall–Kier alpha value is -1.38. The molecule has 3 heteroatoms. The van der Waals surface area contributed by atoms with Crippen molar-refractivity contribution in [3.63, 3.8) is 0 Å². The lowest BCUT2D eigenvalue weighted by Gasteiger charge is -2.58. The molecule has 4 aliphatic rings. The molecule has 0 bridgehead atoms. The van der Waals surface area contributed by atoms with Gasteiger partial charge in [0.05, 0.1) is 0 Å². The molecule has 3 saturated carbocycles. The van der Waals surface area contributed by atoms with Crippen LogP contribution in [0, 0.1) is 46.3 Å². The van der Waals surface area contributed by atoms with Crippen molar-refractivity contribution in [3.8, 4) is 0 Å². The maximum absolute atomic E-state index is 12.6. The fourth-order valence-electron chi connectivity index (χ4n) is 9.56. The van der Waals surface area contributed by atoms with Gasteiger partial charge in [-0.1, -0.05) is 71.1 Å². The quantitative estimate of drug-likeness (QED) is 0.162. The number of hydrogen-bond acceptors (Lipinski definition) is 3. The topological polar surface area (TPSA) is 38.7 Å². The van der Waals surface area contributed by atoms with Crippen LogP contribution in [0.4, 0.5) is 0 Å². The number of ether oxygens (including phenoxy) is 1. The average molecular weight is 524 g/mol. The summed E-state index contributed by atoms with van der Waals surface area (Å²) in [7, 11) is 0. The fraction of sp³-hybridized carbons (Fsp3) is 0.829. The molecule has 8 unspecified atom stereocenters. The Morgan fingerprint density at radius 2 is 1.87 bits per heavy atom. The van der Waals surface area contributed by atoms with Gasteiger partial charge in [-0.15, -0.1) is 0 Å². The Morgan fingerprint density at radius 1 is 1.08 bits per heavy atom. The summed E-state index contributed by atoms with van der Waals surface area (Å²) in [5, 5.41) is 0. The molecular weight excluding hydrogens is 466 g/mol. The first-order chi connectivity index (χ1) is 18.1. The molecule has 3 fully saturated rings. The molecule has 0 aromatic carbocycles. The Balaban J connectivity index is 1.36. The van der Waals surface area contributed by atoms with E-state index in [4.69, 9.17) is 4.74 Å². The maximum atomic E-state index is 12.6. The Kier molecular flexibility index (Phi) is 9.68.